The van der Waals surface area contributed by atoms with Crippen molar-refractivity contribution in [3.05, 3.63) is 64.3 Å². The highest BCUT2D eigenvalue weighted by Crippen LogP contribution is 2.34. The molecule has 0 bridgehead atoms. The Balaban J connectivity index is 1.91. The number of aromatic nitrogens is 3. The molecule has 3 heterocycles. The summed E-state index contributed by atoms with van der Waals surface area (Å²) < 4.78 is 16.2. The molecule has 192 valence electrons. The summed E-state index contributed by atoms with van der Waals surface area (Å²) in [5.74, 6) is -0.358. The number of nitriles is 1. The summed E-state index contributed by atoms with van der Waals surface area (Å²) in [6.45, 7) is 10.9. The average Bonchev–Trinajstić information content (AvgIpc) is 2.85. The van der Waals surface area contributed by atoms with Crippen molar-refractivity contribution < 1.29 is 9.18 Å². The van der Waals surface area contributed by atoms with Gasteiger partial charge in [0.1, 0.15) is 17.3 Å². The summed E-state index contributed by atoms with van der Waals surface area (Å²) in [6, 6.07) is 9.59. The number of halogens is 2. The predicted molar refractivity (Wildman–Crippen MR) is 142 cm³/mol. The van der Waals surface area contributed by atoms with Gasteiger partial charge in [0, 0.05) is 31.7 Å². The van der Waals surface area contributed by atoms with Crippen molar-refractivity contribution in [3.8, 4) is 17.3 Å². The van der Waals surface area contributed by atoms with Gasteiger partial charge in [0.25, 0.3) is 0 Å². The van der Waals surface area contributed by atoms with Crippen LogP contribution in [0, 0.1) is 22.6 Å². The standard InChI is InChI=1S/C27H28ClFN6O2/c1-5-22(36)34-13-12-33(15-17(34)10-11-30)24-19-14-20(28)23(18-8-6-7-9-21(18)29)31-25(19)35(26(37)32-24)16-27(2,3)4/h5-9,14,17H,1,10,12-13,15-16H2,2-4H3. The smallest absolute Gasteiger partial charge is 0.351 e. The molecule has 10 heteroatoms. The third-order valence-corrected chi connectivity index (χ3v) is 6.50. The molecule has 1 saturated heterocycles. The molecule has 1 aliphatic rings. The highest BCUT2D eigenvalue weighted by molar-refractivity contribution is 6.33. The monoisotopic (exact) mass is 522 g/mol. The first kappa shape index (κ1) is 26.3. The van der Waals surface area contributed by atoms with E-state index in [2.05, 4.69) is 17.6 Å². The van der Waals surface area contributed by atoms with Gasteiger partial charge in [-0.05, 0) is 29.7 Å². The molecular weight excluding hydrogens is 495 g/mol. The lowest BCUT2D eigenvalue weighted by molar-refractivity contribution is -0.128. The molecule has 3 aromatic rings. The lowest BCUT2D eigenvalue weighted by Gasteiger charge is -2.41. The largest absolute Gasteiger partial charge is 0.352 e. The summed E-state index contributed by atoms with van der Waals surface area (Å²) in [5.41, 5.74) is 0.0409. The van der Waals surface area contributed by atoms with Crippen molar-refractivity contribution in [2.75, 3.05) is 24.5 Å². The molecule has 0 radical (unpaired) electrons. The average molecular weight is 523 g/mol. The number of rotatable bonds is 5. The Hall–Kier alpha value is -3.77. The SMILES string of the molecule is C=CC(=O)N1CCN(c2nc(=O)n(CC(C)(C)C)c3nc(-c4ccccc4F)c(Cl)cc23)CC1CC#N. The summed E-state index contributed by atoms with van der Waals surface area (Å²) in [7, 11) is 0. The van der Waals surface area contributed by atoms with Gasteiger partial charge in [-0.25, -0.2) is 14.2 Å². The van der Waals surface area contributed by atoms with E-state index in [1.807, 2.05) is 25.7 Å². The van der Waals surface area contributed by atoms with E-state index in [0.29, 0.717) is 43.0 Å². The third kappa shape index (κ3) is 5.35. The number of hydrogen-bond acceptors (Lipinski definition) is 6. The van der Waals surface area contributed by atoms with Gasteiger partial charge in [-0.2, -0.15) is 10.2 Å². The van der Waals surface area contributed by atoms with Crippen molar-refractivity contribution in [3.63, 3.8) is 0 Å². The first-order chi connectivity index (χ1) is 17.5. The van der Waals surface area contributed by atoms with E-state index < -0.39 is 17.5 Å². The van der Waals surface area contributed by atoms with Crippen molar-refractivity contribution in [2.45, 2.75) is 39.8 Å². The van der Waals surface area contributed by atoms with Crippen molar-refractivity contribution >= 4 is 34.4 Å². The third-order valence-electron chi connectivity index (χ3n) is 6.21. The molecule has 0 N–H and O–H groups in total. The number of nitrogens with zero attached hydrogens (tertiary/aromatic N) is 6. The Morgan fingerprint density at radius 3 is 2.68 bits per heavy atom. The van der Waals surface area contributed by atoms with E-state index in [0.717, 1.165) is 0 Å². The quantitative estimate of drug-likeness (QED) is 0.460. The van der Waals surface area contributed by atoms with Crippen LogP contribution in [0.15, 0.2) is 47.8 Å². The molecular formula is C27H28ClFN6O2. The molecule has 1 aliphatic heterocycles. The molecule has 4 rings (SSSR count). The number of carbonyl (C=O) groups is 1. The van der Waals surface area contributed by atoms with Gasteiger partial charge in [0.05, 0.1) is 34.6 Å². The zero-order valence-electron chi connectivity index (χ0n) is 21.0. The minimum absolute atomic E-state index is 0.117. The number of hydrogen-bond donors (Lipinski definition) is 0. The molecule has 1 atom stereocenters. The maximum absolute atomic E-state index is 14.7. The Morgan fingerprint density at radius 2 is 2.03 bits per heavy atom. The van der Waals surface area contributed by atoms with E-state index in [4.69, 9.17) is 16.6 Å². The minimum atomic E-state index is -0.492. The zero-order valence-corrected chi connectivity index (χ0v) is 21.8. The Kier molecular flexibility index (Phi) is 7.32. The predicted octanol–water partition coefficient (Wildman–Crippen LogP) is 4.41. The highest BCUT2D eigenvalue weighted by Gasteiger charge is 2.32. The van der Waals surface area contributed by atoms with Gasteiger partial charge in [-0.15, -0.1) is 0 Å². The first-order valence-electron chi connectivity index (χ1n) is 11.9. The van der Waals surface area contributed by atoms with Gasteiger partial charge < -0.3 is 9.80 Å². The topological polar surface area (TPSA) is 95.1 Å². The highest BCUT2D eigenvalue weighted by atomic mass is 35.5. The van der Waals surface area contributed by atoms with Crippen LogP contribution >= 0.6 is 11.6 Å². The van der Waals surface area contributed by atoms with Gasteiger partial charge in [0.2, 0.25) is 5.91 Å². The van der Waals surface area contributed by atoms with E-state index in [1.54, 1.807) is 29.2 Å². The molecule has 1 fully saturated rings. The number of anilines is 1. The number of fused-ring (bicyclic) bond motifs is 1. The molecule has 2 aromatic heterocycles. The van der Waals surface area contributed by atoms with Crippen molar-refractivity contribution in [1.82, 2.24) is 19.4 Å². The van der Waals surface area contributed by atoms with Crippen LogP contribution < -0.4 is 10.6 Å². The summed E-state index contributed by atoms with van der Waals surface area (Å²) in [4.78, 5) is 38.3. The minimum Gasteiger partial charge on any atom is -0.352 e. The van der Waals surface area contributed by atoms with Crippen LogP contribution in [0.25, 0.3) is 22.3 Å². The molecule has 0 saturated carbocycles. The van der Waals surface area contributed by atoms with Crippen molar-refractivity contribution in [1.29, 1.82) is 5.26 Å². The second kappa shape index (κ2) is 10.3. The fraction of sp³-hybridized carbons (Fsp3) is 0.370. The first-order valence-corrected chi connectivity index (χ1v) is 12.3. The molecule has 0 aliphatic carbocycles. The van der Waals surface area contributed by atoms with Gasteiger partial charge in [-0.3, -0.25) is 9.36 Å². The van der Waals surface area contributed by atoms with Crippen LogP contribution in [-0.2, 0) is 11.3 Å². The Morgan fingerprint density at radius 1 is 1.30 bits per heavy atom. The molecule has 1 unspecified atom stereocenters. The summed E-state index contributed by atoms with van der Waals surface area (Å²) >= 11 is 6.64. The molecule has 8 nitrogen and oxygen atoms in total. The summed E-state index contributed by atoms with van der Waals surface area (Å²) in [5, 5.41) is 10.1. The van der Waals surface area contributed by atoms with E-state index in [-0.39, 0.29) is 34.0 Å². The van der Waals surface area contributed by atoms with Gasteiger partial charge in [-0.1, -0.05) is 51.1 Å². The summed E-state index contributed by atoms with van der Waals surface area (Å²) in [6.07, 6.45) is 1.35. The zero-order chi connectivity index (χ0) is 26.9. The van der Waals surface area contributed by atoms with Crippen LogP contribution in [0.3, 0.4) is 0 Å². The van der Waals surface area contributed by atoms with Crippen LogP contribution in [0.2, 0.25) is 5.02 Å². The van der Waals surface area contributed by atoms with Crippen molar-refractivity contribution in [2.24, 2.45) is 5.41 Å². The van der Waals surface area contributed by atoms with Crippen LogP contribution in [0.4, 0.5) is 10.2 Å². The second-order valence-electron chi connectivity index (χ2n) is 10.2. The lowest BCUT2D eigenvalue weighted by Crippen LogP contribution is -2.55. The van der Waals surface area contributed by atoms with Crippen LogP contribution in [0.1, 0.15) is 27.2 Å². The number of amides is 1. The number of carbonyl (C=O) groups excluding carboxylic acids is 1. The number of benzene rings is 1. The molecule has 1 aromatic carbocycles. The van der Waals surface area contributed by atoms with Crippen LogP contribution in [-0.4, -0.2) is 51.0 Å². The van der Waals surface area contributed by atoms with E-state index >= 15 is 0 Å². The molecule has 1 amide bonds. The maximum atomic E-state index is 14.7. The van der Waals surface area contributed by atoms with Gasteiger partial charge >= 0.3 is 5.69 Å². The number of piperazine rings is 1. The van der Waals surface area contributed by atoms with Gasteiger partial charge in [0.15, 0.2) is 0 Å². The Labute approximate surface area is 219 Å². The fourth-order valence-electron chi connectivity index (χ4n) is 4.59. The normalized spacial score (nSPS) is 16.1. The second-order valence-corrected chi connectivity index (χ2v) is 10.6. The molecule has 37 heavy (non-hydrogen) atoms. The molecule has 0 spiro atoms. The van der Waals surface area contributed by atoms with Crippen LogP contribution in [0.5, 0.6) is 0 Å². The van der Waals surface area contributed by atoms with E-state index in [1.165, 1.54) is 16.7 Å². The maximum Gasteiger partial charge on any atom is 0.351 e. The lowest BCUT2D eigenvalue weighted by atomic mass is 9.97. The Bertz CT molecular complexity index is 1470. The van der Waals surface area contributed by atoms with E-state index in [9.17, 15) is 19.2 Å². The fourth-order valence-corrected chi connectivity index (χ4v) is 4.84. The number of pyridine rings is 1.